The summed E-state index contributed by atoms with van der Waals surface area (Å²) in [7, 11) is 0. The van der Waals surface area contributed by atoms with Crippen LogP contribution in [0.1, 0.15) is 18.1 Å². The SMILES string of the molecule is Cc1c2c(nc3ccccc13)OC(C)C2. The molecular formula is C13H13NO. The molecule has 0 spiro atoms. The molecule has 0 fully saturated rings. The van der Waals surface area contributed by atoms with Crippen LogP contribution in [0.5, 0.6) is 5.88 Å². The summed E-state index contributed by atoms with van der Waals surface area (Å²) >= 11 is 0. The minimum Gasteiger partial charge on any atom is -0.474 e. The fraction of sp³-hybridized carbons (Fsp3) is 0.308. The Morgan fingerprint density at radius 2 is 2.13 bits per heavy atom. The van der Waals surface area contributed by atoms with Crippen molar-refractivity contribution in [1.29, 1.82) is 0 Å². The Morgan fingerprint density at radius 1 is 1.33 bits per heavy atom. The lowest BCUT2D eigenvalue weighted by atomic mass is 10.0. The number of aryl methyl sites for hydroxylation is 1. The van der Waals surface area contributed by atoms with E-state index in [9.17, 15) is 0 Å². The molecular weight excluding hydrogens is 186 g/mol. The molecule has 1 aliphatic heterocycles. The van der Waals surface area contributed by atoms with E-state index in [4.69, 9.17) is 4.74 Å². The smallest absolute Gasteiger partial charge is 0.217 e. The summed E-state index contributed by atoms with van der Waals surface area (Å²) in [4.78, 5) is 4.54. The fourth-order valence-electron chi connectivity index (χ4n) is 2.25. The van der Waals surface area contributed by atoms with Crippen LogP contribution in [-0.2, 0) is 6.42 Å². The maximum atomic E-state index is 5.68. The molecule has 2 heterocycles. The molecule has 0 bridgehead atoms. The first-order valence-corrected chi connectivity index (χ1v) is 5.30. The molecule has 1 atom stereocenters. The molecule has 0 saturated heterocycles. The monoisotopic (exact) mass is 199 g/mol. The quantitative estimate of drug-likeness (QED) is 0.651. The number of aromatic nitrogens is 1. The Hall–Kier alpha value is -1.57. The van der Waals surface area contributed by atoms with Gasteiger partial charge in [0.15, 0.2) is 0 Å². The Kier molecular flexibility index (Phi) is 1.72. The van der Waals surface area contributed by atoms with Gasteiger partial charge in [-0.05, 0) is 25.5 Å². The van der Waals surface area contributed by atoms with Crippen molar-refractivity contribution in [3.8, 4) is 5.88 Å². The minimum absolute atomic E-state index is 0.267. The molecule has 2 nitrogen and oxygen atoms in total. The third-order valence-corrected chi connectivity index (χ3v) is 3.05. The molecule has 2 heteroatoms. The molecule has 1 unspecified atom stereocenters. The van der Waals surface area contributed by atoms with Gasteiger partial charge in [0.2, 0.25) is 5.88 Å². The van der Waals surface area contributed by atoms with Gasteiger partial charge in [-0.25, -0.2) is 4.98 Å². The number of rotatable bonds is 0. The molecule has 3 rings (SSSR count). The van der Waals surface area contributed by atoms with E-state index in [1.54, 1.807) is 0 Å². The Labute approximate surface area is 88.9 Å². The largest absolute Gasteiger partial charge is 0.474 e. The minimum atomic E-state index is 0.267. The Balaban J connectivity index is 2.35. The van der Waals surface area contributed by atoms with Gasteiger partial charge in [-0.1, -0.05) is 18.2 Å². The van der Waals surface area contributed by atoms with E-state index < -0.39 is 0 Å². The molecule has 2 aromatic rings. The average molecular weight is 199 g/mol. The molecule has 0 aliphatic carbocycles. The summed E-state index contributed by atoms with van der Waals surface area (Å²) in [5.74, 6) is 0.832. The predicted molar refractivity (Wildman–Crippen MR) is 60.3 cm³/mol. The van der Waals surface area contributed by atoms with Crippen molar-refractivity contribution in [2.45, 2.75) is 26.4 Å². The Morgan fingerprint density at radius 3 is 3.00 bits per heavy atom. The summed E-state index contributed by atoms with van der Waals surface area (Å²) in [5.41, 5.74) is 3.63. The van der Waals surface area contributed by atoms with E-state index in [-0.39, 0.29) is 6.10 Å². The van der Waals surface area contributed by atoms with Crippen molar-refractivity contribution < 1.29 is 4.74 Å². The van der Waals surface area contributed by atoms with Crippen molar-refractivity contribution in [2.24, 2.45) is 0 Å². The number of ether oxygens (including phenoxy) is 1. The van der Waals surface area contributed by atoms with E-state index in [2.05, 4.69) is 31.0 Å². The molecule has 76 valence electrons. The molecule has 15 heavy (non-hydrogen) atoms. The number of nitrogens with zero attached hydrogens (tertiary/aromatic N) is 1. The average Bonchev–Trinajstić information content (AvgIpc) is 2.59. The summed E-state index contributed by atoms with van der Waals surface area (Å²) in [6, 6.07) is 8.23. The molecule has 1 aromatic carbocycles. The van der Waals surface area contributed by atoms with Crippen molar-refractivity contribution in [2.75, 3.05) is 0 Å². The van der Waals surface area contributed by atoms with Crippen molar-refractivity contribution >= 4 is 10.9 Å². The Bertz CT molecular complexity index is 533. The number of para-hydroxylation sites is 1. The van der Waals surface area contributed by atoms with Gasteiger partial charge >= 0.3 is 0 Å². The van der Waals surface area contributed by atoms with Crippen LogP contribution in [-0.4, -0.2) is 11.1 Å². The van der Waals surface area contributed by atoms with E-state index in [0.29, 0.717) is 0 Å². The predicted octanol–water partition coefficient (Wildman–Crippen LogP) is 2.87. The third kappa shape index (κ3) is 1.21. The first-order valence-electron chi connectivity index (χ1n) is 5.30. The van der Waals surface area contributed by atoms with Crippen molar-refractivity contribution in [1.82, 2.24) is 4.98 Å². The van der Waals surface area contributed by atoms with Gasteiger partial charge in [0.25, 0.3) is 0 Å². The molecule has 0 saturated carbocycles. The van der Waals surface area contributed by atoms with Gasteiger partial charge in [-0.15, -0.1) is 0 Å². The lowest BCUT2D eigenvalue weighted by Crippen LogP contribution is -2.05. The van der Waals surface area contributed by atoms with Gasteiger partial charge < -0.3 is 4.74 Å². The van der Waals surface area contributed by atoms with Crippen LogP contribution in [0.25, 0.3) is 10.9 Å². The zero-order valence-corrected chi connectivity index (χ0v) is 8.95. The maximum Gasteiger partial charge on any atom is 0.217 e. The highest BCUT2D eigenvalue weighted by Crippen LogP contribution is 2.33. The fourth-order valence-corrected chi connectivity index (χ4v) is 2.25. The van der Waals surface area contributed by atoms with Crippen molar-refractivity contribution in [3.05, 3.63) is 35.4 Å². The van der Waals surface area contributed by atoms with E-state index in [1.165, 1.54) is 16.5 Å². The highest BCUT2D eigenvalue weighted by molar-refractivity contribution is 5.84. The van der Waals surface area contributed by atoms with Crippen molar-refractivity contribution in [3.63, 3.8) is 0 Å². The topological polar surface area (TPSA) is 22.1 Å². The second kappa shape index (κ2) is 2.96. The van der Waals surface area contributed by atoms with E-state index in [0.717, 1.165) is 17.8 Å². The number of hydrogen-bond acceptors (Lipinski definition) is 2. The standard InChI is InChI=1S/C13H13NO/c1-8-7-11-9(2)10-5-3-4-6-12(10)14-13(11)15-8/h3-6,8H,7H2,1-2H3. The maximum absolute atomic E-state index is 5.68. The normalized spacial score (nSPS) is 18.9. The summed E-state index contributed by atoms with van der Waals surface area (Å²) in [5, 5.41) is 1.24. The lowest BCUT2D eigenvalue weighted by Gasteiger charge is -2.06. The highest BCUT2D eigenvalue weighted by atomic mass is 16.5. The van der Waals surface area contributed by atoms with Crippen LogP contribution in [0.2, 0.25) is 0 Å². The van der Waals surface area contributed by atoms with Crippen LogP contribution < -0.4 is 4.74 Å². The zero-order chi connectivity index (χ0) is 10.4. The van der Waals surface area contributed by atoms with Gasteiger partial charge in [0.05, 0.1) is 5.52 Å². The molecule has 0 radical (unpaired) electrons. The van der Waals surface area contributed by atoms with Gasteiger partial charge in [-0.3, -0.25) is 0 Å². The highest BCUT2D eigenvalue weighted by Gasteiger charge is 2.23. The summed E-state index contributed by atoms with van der Waals surface area (Å²) < 4.78 is 5.68. The van der Waals surface area contributed by atoms with Crippen LogP contribution in [0, 0.1) is 6.92 Å². The molecule has 0 N–H and O–H groups in total. The molecule has 1 aromatic heterocycles. The van der Waals surface area contributed by atoms with Gasteiger partial charge in [0, 0.05) is 17.4 Å². The molecule has 0 amide bonds. The number of benzene rings is 1. The van der Waals surface area contributed by atoms with Crippen LogP contribution in [0.4, 0.5) is 0 Å². The zero-order valence-electron chi connectivity index (χ0n) is 8.95. The summed E-state index contributed by atoms with van der Waals surface area (Å²) in [6.07, 6.45) is 1.25. The van der Waals surface area contributed by atoms with Gasteiger partial charge in [0.1, 0.15) is 6.10 Å². The first-order chi connectivity index (χ1) is 7.25. The number of fused-ring (bicyclic) bond motifs is 2. The van der Waals surface area contributed by atoms with E-state index >= 15 is 0 Å². The number of hydrogen-bond donors (Lipinski definition) is 0. The van der Waals surface area contributed by atoms with Crippen LogP contribution in [0.15, 0.2) is 24.3 Å². The third-order valence-electron chi connectivity index (χ3n) is 3.05. The second-order valence-corrected chi connectivity index (χ2v) is 4.17. The summed E-state index contributed by atoms with van der Waals surface area (Å²) in [6.45, 7) is 4.25. The molecule has 1 aliphatic rings. The van der Waals surface area contributed by atoms with Crippen LogP contribution >= 0.6 is 0 Å². The lowest BCUT2D eigenvalue weighted by molar-refractivity contribution is 0.247. The van der Waals surface area contributed by atoms with Crippen LogP contribution in [0.3, 0.4) is 0 Å². The number of pyridine rings is 1. The van der Waals surface area contributed by atoms with E-state index in [1.807, 2.05) is 12.1 Å². The van der Waals surface area contributed by atoms with Gasteiger partial charge in [-0.2, -0.15) is 0 Å². The first kappa shape index (κ1) is 8.72. The second-order valence-electron chi connectivity index (χ2n) is 4.17.